The molecule has 2 aromatic rings. The summed E-state index contributed by atoms with van der Waals surface area (Å²) >= 11 is 13.3. The standard InChI is InChI=1S/C21H21Cl2N/c22-17-7-4-6-15-19-13(12-24-9-1-2-10-24)11-16(20(15)17)14-5-3-8-18(23)21(14)19/h3-8,13,16,19H,1-2,9-12H2. The van der Waals surface area contributed by atoms with Gasteiger partial charge in [-0.1, -0.05) is 47.5 Å². The zero-order valence-electron chi connectivity index (χ0n) is 13.6. The molecule has 4 aliphatic rings. The highest BCUT2D eigenvalue weighted by Gasteiger charge is 2.45. The van der Waals surface area contributed by atoms with Gasteiger partial charge in [0, 0.05) is 28.4 Å². The van der Waals surface area contributed by atoms with Crippen molar-refractivity contribution in [3.05, 3.63) is 68.7 Å². The lowest BCUT2D eigenvalue weighted by Crippen LogP contribution is -2.39. The van der Waals surface area contributed by atoms with Crippen LogP contribution in [0.2, 0.25) is 10.0 Å². The summed E-state index contributed by atoms with van der Waals surface area (Å²) in [4.78, 5) is 2.64. The van der Waals surface area contributed by atoms with E-state index in [4.69, 9.17) is 23.2 Å². The van der Waals surface area contributed by atoms with Crippen LogP contribution in [0, 0.1) is 5.92 Å². The summed E-state index contributed by atoms with van der Waals surface area (Å²) in [5.74, 6) is 1.44. The molecule has 2 aromatic carbocycles. The molecule has 1 fully saturated rings. The zero-order valence-corrected chi connectivity index (χ0v) is 15.2. The van der Waals surface area contributed by atoms with Crippen molar-refractivity contribution >= 4 is 23.2 Å². The number of hydrogen-bond acceptors (Lipinski definition) is 1. The Kier molecular flexibility index (Phi) is 3.66. The number of benzene rings is 2. The molecule has 0 saturated carbocycles. The van der Waals surface area contributed by atoms with Crippen molar-refractivity contribution in [1.82, 2.24) is 4.90 Å². The van der Waals surface area contributed by atoms with E-state index in [1.807, 2.05) is 6.07 Å². The van der Waals surface area contributed by atoms with Gasteiger partial charge in [-0.15, -0.1) is 0 Å². The molecule has 1 aliphatic heterocycles. The monoisotopic (exact) mass is 357 g/mol. The van der Waals surface area contributed by atoms with Crippen LogP contribution in [0.4, 0.5) is 0 Å². The Morgan fingerprint density at radius 1 is 0.875 bits per heavy atom. The fraction of sp³-hybridized carbons (Fsp3) is 0.429. The second-order valence-electron chi connectivity index (χ2n) is 7.52. The Morgan fingerprint density at radius 3 is 2.29 bits per heavy atom. The molecule has 3 heteroatoms. The zero-order chi connectivity index (χ0) is 16.3. The first-order chi connectivity index (χ1) is 11.7. The maximum absolute atomic E-state index is 6.68. The minimum Gasteiger partial charge on any atom is -0.303 e. The molecule has 0 aromatic heterocycles. The number of fused-ring (bicyclic) bond motifs is 1. The van der Waals surface area contributed by atoms with Gasteiger partial charge in [-0.2, -0.15) is 0 Å². The Balaban J connectivity index is 1.65. The van der Waals surface area contributed by atoms with Crippen molar-refractivity contribution in [3.8, 4) is 0 Å². The third kappa shape index (κ3) is 2.18. The van der Waals surface area contributed by atoms with Crippen LogP contribution in [0.1, 0.15) is 53.4 Å². The van der Waals surface area contributed by atoms with E-state index in [0.717, 1.165) is 10.0 Å². The number of likely N-dealkylation sites (tertiary alicyclic amines) is 1. The SMILES string of the molecule is Clc1cccc2c1C1CC(CN3CCCC3)C2c2c(Cl)cccc21. The van der Waals surface area contributed by atoms with E-state index in [2.05, 4.69) is 35.2 Å². The van der Waals surface area contributed by atoms with E-state index >= 15 is 0 Å². The maximum Gasteiger partial charge on any atom is 0.0447 e. The molecule has 2 bridgehead atoms. The van der Waals surface area contributed by atoms with Gasteiger partial charge >= 0.3 is 0 Å². The fourth-order valence-electron chi connectivity index (χ4n) is 5.34. The van der Waals surface area contributed by atoms with Gasteiger partial charge in [-0.3, -0.25) is 0 Å². The first-order valence-electron chi connectivity index (χ1n) is 9.03. The van der Waals surface area contributed by atoms with Crippen molar-refractivity contribution in [3.63, 3.8) is 0 Å². The molecule has 3 atom stereocenters. The molecule has 3 aliphatic carbocycles. The molecule has 0 spiro atoms. The van der Waals surface area contributed by atoms with E-state index in [0.29, 0.717) is 17.8 Å². The highest BCUT2D eigenvalue weighted by atomic mass is 35.5. The van der Waals surface area contributed by atoms with Crippen molar-refractivity contribution < 1.29 is 0 Å². The highest BCUT2D eigenvalue weighted by Crippen LogP contribution is 2.58. The van der Waals surface area contributed by atoms with Gasteiger partial charge in [0.1, 0.15) is 0 Å². The van der Waals surface area contributed by atoms with E-state index in [1.165, 1.54) is 61.2 Å². The minimum absolute atomic E-state index is 0.396. The molecular weight excluding hydrogens is 337 g/mol. The third-order valence-corrected chi connectivity index (χ3v) is 6.90. The van der Waals surface area contributed by atoms with E-state index in [9.17, 15) is 0 Å². The molecule has 0 N–H and O–H groups in total. The van der Waals surface area contributed by atoms with Gasteiger partial charge in [0.2, 0.25) is 0 Å². The molecule has 6 rings (SSSR count). The molecule has 1 nitrogen and oxygen atoms in total. The Bertz CT molecular complexity index is 794. The Hall–Kier alpha value is -1.02. The van der Waals surface area contributed by atoms with Gasteiger partial charge in [-0.25, -0.2) is 0 Å². The second kappa shape index (κ2) is 5.76. The van der Waals surface area contributed by atoms with Gasteiger partial charge in [0.05, 0.1) is 0 Å². The van der Waals surface area contributed by atoms with Gasteiger partial charge in [0.25, 0.3) is 0 Å². The lowest BCUT2D eigenvalue weighted by atomic mass is 9.59. The average molecular weight is 358 g/mol. The second-order valence-corrected chi connectivity index (χ2v) is 8.33. The molecule has 3 unspecified atom stereocenters. The summed E-state index contributed by atoms with van der Waals surface area (Å²) < 4.78 is 0. The quantitative estimate of drug-likeness (QED) is 0.667. The first kappa shape index (κ1) is 15.3. The minimum atomic E-state index is 0.396. The Morgan fingerprint density at radius 2 is 1.54 bits per heavy atom. The molecule has 124 valence electrons. The first-order valence-corrected chi connectivity index (χ1v) is 9.78. The van der Waals surface area contributed by atoms with Crippen LogP contribution >= 0.6 is 23.2 Å². The normalized spacial score (nSPS) is 28.0. The van der Waals surface area contributed by atoms with Crippen LogP contribution in [0.25, 0.3) is 0 Å². The third-order valence-electron chi connectivity index (χ3n) is 6.24. The van der Waals surface area contributed by atoms with Crippen LogP contribution in [0.5, 0.6) is 0 Å². The summed E-state index contributed by atoms with van der Waals surface area (Å²) in [6.07, 6.45) is 3.90. The molecule has 24 heavy (non-hydrogen) atoms. The summed E-state index contributed by atoms with van der Waals surface area (Å²) in [7, 11) is 0. The molecular formula is C21H21Cl2N. The fourth-order valence-corrected chi connectivity index (χ4v) is 5.95. The van der Waals surface area contributed by atoms with Crippen molar-refractivity contribution in [1.29, 1.82) is 0 Å². The van der Waals surface area contributed by atoms with Crippen LogP contribution in [0.15, 0.2) is 36.4 Å². The number of hydrogen-bond donors (Lipinski definition) is 0. The summed E-state index contributed by atoms with van der Waals surface area (Å²) in [6, 6.07) is 12.8. The largest absolute Gasteiger partial charge is 0.303 e. The van der Waals surface area contributed by atoms with Crippen molar-refractivity contribution in [2.75, 3.05) is 19.6 Å². The van der Waals surface area contributed by atoms with E-state index in [-0.39, 0.29) is 0 Å². The summed E-state index contributed by atoms with van der Waals surface area (Å²) in [5, 5.41) is 1.85. The Labute approximate surface area is 153 Å². The predicted octanol–water partition coefficient (Wildman–Crippen LogP) is 5.69. The van der Waals surface area contributed by atoms with Crippen LogP contribution in [0.3, 0.4) is 0 Å². The van der Waals surface area contributed by atoms with Crippen LogP contribution in [-0.4, -0.2) is 24.5 Å². The number of halogens is 2. The molecule has 1 heterocycles. The lowest BCUT2D eigenvalue weighted by molar-refractivity contribution is 0.230. The maximum atomic E-state index is 6.68. The van der Waals surface area contributed by atoms with Crippen molar-refractivity contribution in [2.45, 2.75) is 31.1 Å². The average Bonchev–Trinajstić information content (AvgIpc) is 3.08. The number of rotatable bonds is 2. The van der Waals surface area contributed by atoms with E-state index < -0.39 is 0 Å². The van der Waals surface area contributed by atoms with Crippen LogP contribution in [-0.2, 0) is 0 Å². The molecule has 0 radical (unpaired) electrons. The van der Waals surface area contributed by atoms with Crippen LogP contribution < -0.4 is 0 Å². The molecule has 1 saturated heterocycles. The van der Waals surface area contributed by atoms with Gasteiger partial charge in [-0.05, 0) is 72.7 Å². The number of nitrogens with zero attached hydrogens (tertiary/aromatic N) is 1. The highest BCUT2D eigenvalue weighted by molar-refractivity contribution is 6.32. The summed E-state index contributed by atoms with van der Waals surface area (Å²) in [6.45, 7) is 3.70. The summed E-state index contributed by atoms with van der Waals surface area (Å²) in [5.41, 5.74) is 5.56. The van der Waals surface area contributed by atoms with Gasteiger partial charge < -0.3 is 4.90 Å². The topological polar surface area (TPSA) is 3.24 Å². The smallest absolute Gasteiger partial charge is 0.0447 e. The predicted molar refractivity (Wildman–Crippen MR) is 100 cm³/mol. The van der Waals surface area contributed by atoms with E-state index in [1.54, 1.807) is 0 Å². The molecule has 0 amide bonds. The van der Waals surface area contributed by atoms with Gasteiger partial charge in [0.15, 0.2) is 0 Å². The van der Waals surface area contributed by atoms with Crippen molar-refractivity contribution in [2.24, 2.45) is 5.92 Å². The lowest BCUT2D eigenvalue weighted by Gasteiger charge is -2.47.